The number of hydrogen-bond acceptors (Lipinski definition) is 4. The fourth-order valence-electron chi connectivity index (χ4n) is 4.11. The smallest absolute Gasteiger partial charge is 0.161 e. The molecule has 37 heavy (non-hydrogen) atoms. The zero-order chi connectivity index (χ0) is 25.5. The predicted octanol–water partition coefficient (Wildman–Crippen LogP) is 7.52. The summed E-state index contributed by atoms with van der Waals surface area (Å²) >= 11 is 0. The number of rotatable bonds is 10. The van der Waals surface area contributed by atoms with Crippen LogP contribution in [0.1, 0.15) is 11.1 Å². The molecule has 0 aliphatic carbocycles. The minimum atomic E-state index is 0.482. The first-order chi connectivity index (χ1) is 18.2. The fourth-order valence-corrected chi connectivity index (χ4v) is 4.11. The van der Waals surface area contributed by atoms with Crippen LogP contribution in [0.25, 0.3) is 22.5 Å². The molecule has 5 aromatic rings. The summed E-state index contributed by atoms with van der Waals surface area (Å²) in [6.45, 7) is 0.964. The lowest BCUT2D eigenvalue weighted by Crippen LogP contribution is -1.98. The SMILES string of the molecule is COc1cc(-c2ccc(-c3ccc(OCc4ccccc4)c(OC)c3)[nH]2)ccc1OCc1ccccc1. The van der Waals surface area contributed by atoms with E-state index in [9.17, 15) is 0 Å². The summed E-state index contributed by atoms with van der Waals surface area (Å²) in [4.78, 5) is 3.51. The molecule has 5 heteroatoms. The van der Waals surface area contributed by atoms with E-state index in [1.807, 2.05) is 97.1 Å². The summed E-state index contributed by atoms with van der Waals surface area (Å²) in [6, 6.07) is 36.2. The van der Waals surface area contributed by atoms with Gasteiger partial charge in [-0.15, -0.1) is 0 Å². The van der Waals surface area contributed by atoms with Gasteiger partial charge in [0.2, 0.25) is 0 Å². The van der Waals surface area contributed by atoms with Gasteiger partial charge in [0.1, 0.15) is 13.2 Å². The molecule has 4 aromatic carbocycles. The first kappa shape index (κ1) is 24.1. The third-order valence-electron chi connectivity index (χ3n) is 6.11. The van der Waals surface area contributed by atoms with E-state index in [4.69, 9.17) is 18.9 Å². The Hall–Kier alpha value is -4.64. The van der Waals surface area contributed by atoms with Crippen molar-refractivity contribution in [1.29, 1.82) is 0 Å². The van der Waals surface area contributed by atoms with Crippen LogP contribution in [-0.2, 0) is 13.2 Å². The molecule has 0 aliphatic heterocycles. The van der Waals surface area contributed by atoms with Gasteiger partial charge in [-0.05, 0) is 59.7 Å². The Balaban J connectivity index is 1.31. The van der Waals surface area contributed by atoms with E-state index in [2.05, 4.69) is 17.1 Å². The molecule has 5 nitrogen and oxygen atoms in total. The first-order valence-electron chi connectivity index (χ1n) is 12.1. The van der Waals surface area contributed by atoms with Gasteiger partial charge in [0, 0.05) is 22.5 Å². The number of benzene rings is 4. The molecule has 0 spiro atoms. The van der Waals surface area contributed by atoms with Crippen LogP contribution >= 0.6 is 0 Å². The third-order valence-corrected chi connectivity index (χ3v) is 6.11. The topological polar surface area (TPSA) is 52.7 Å². The van der Waals surface area contributed by atoms with Crippen molar-refractivity contribution in [2.75, 3.05) is 14.2 Å². The van der Waals surface area contributed by atoms with Crippen molar-refractivity contribution in [3.8, 4) is 45.5 Å². The number of aromatic nitrogens is 1. The van der Waals surface area contributed by atoms with E-state index in [-0.39, 0.29) is 0 Å². The standard InChI is InChI=1S/C32H29NO4/c1-34-31-19-25(13-17-29(31)36-21-23-9-5-3-6-10-23)27-15-16-28(33-27)26-14-18-30(32(20-26)35-2)37-22-24-11-7-4-8-12-24/h3-20,33H,21-22H2,1-2H3. The highest BCUT2D eigenvalue weighted by Crippen LogP contribution is 2.36. The Labute approximate surface area is 217 Å². The molecule has 0 saturated heterocycles. The summed E-state index contributed by atoms with van der Waals surface area (Å²) in [7, 11) is 3.31. The molecule has 0 unspecified atom stereocenters. The Morgan fingerprint density at radius 2 is 0.919 bits per heavy atom. The molecular formula is C32H29NO4. The van der Waals surface area contributed by atoms with E-state index >= 15 is 0 Å². The van der Waals surface area contributed by atoms with Crippen molar-refractivity contribution in [3.05, 3.63) is 120 Å². The highest BCUT2D eigenvalue weighted by atomic mass is 16.5. The number of hydrogen-bond donors (Lipinski definition) is 1. The van der Waals surface area contributed by atoms with Crippen molar-refractivity contribution in [2.45, 2.75) is 13.2 Å². The van der Waals surface area contributed by atoms with Crippen LogP contribution in [0.4, 0.5) is 0 Å². The molecule has 1 aromatic heterocycles. The summed E-state index contributed by atoms with van der Waals surface area (Å²) in [5.41, 5.74) is 6.18. The van der Waals surface area contributed by atoms with E-state index < -0.39 is 0 Å². The second-order valence-corrected chi connectivity index (χ2v) is 8.57. The summed E-state index contributed by atoms with van der Waals surface area (Å²) < 4.78 is 23.2. The van der Waals surface area contributed by atoms with Gasteiger partial charge in [-0.1, -0.05) is 60.7 Å². The number of methoxy groups -OCH3 is 2. The van der Waals surface area contributed by atoms with Gasteiger partial charge in [-0.25, -0.2) is 0 Å². The van der Waals surface area contributed by atoms with Gasteiger partial charge >= 0.3 is 0 Å². The third kappa shape index (κ3) is 5.78. The van der Waals surface area contributed by atoms with Crippen molar-refractivity contribution in [2.24, 2.45) is 0 Å². The molecule has 0 atom stereocenters. The Kier molecular flexibility index (Phi) is 7.42. The van der Waals surface area contributed by atoms with E-state index in [1.54, 1.807) is 14.2 Å². The largest absolute Gasteiger partial charge is 0.493 e. The lowest BCUT2D eigenvalue weighted by atomic mass is 10.1. The van der Waals surface area contributed by atoms with E-state index in [0.717, 1.165) is 33.6 Å². The molecule has 5 rings (SSSR count). The monoisotopic (exact) mass is 491 g/mol. The van der Waals surface area contributed by atoms with Crippen molar-refractivity contribution < 1.29 is 18.9 Å². The maximum Gasteiger partial charge on any atom is 0.161 e. The number of nitrogens with one attached hydrogen (secondary N) is 1. The molecule has 0 bridgehead atoms. The van der Waals surface area contributed by atoms with Gasteiger partial charge in [0.05, 0.1) is 14.2 Å². The maximum atomic E-state index is 6.00. The van der Waals surface area contributed by atoms with Crippen LogP contribution in [0.15, 0.2) is 109 Å². The average Bonchev–Trinajstić information content (AvgIpc) is 3.46. The van der Waals surface area contributed by atoms with Crippen LogP contribution in [0, 0.1) is 0 Å². The van der Waals surface area contributed by atoms with Crippen molar-refractivity contribution in [3.63, 3.8) is 0 Å². The molecule has 1 N–H and O–H groups in total. The minimum absolute atomic E-state index is 0.482. The van der Waals surface area contributed by atoms with E-state index in [0.29, 0.717) is 36.2 Å². The predicted molar refractivity (Wildman–Crippen MR) is 146 cm³/mol. The number of H-pyrrole nitrogens is 1. The van der Waals surface area contributed by atoms with Gasteiger partial charge in [-0.2, -0.15) is 0 Å². The van der Waals surface area contributed by atoms with Crippen LogP contribution < -0.4 is 18.9 Å². The lowest BCUT2D eigenvalue weighted by Gasteiger charge is -2.13. The average molecular weight is 492 g/mol. The van der Waals surface area contributed by atoms with Gasteiger partial charge < -0.3 is 23.9 Å². The zero-order valence-corrected chi connectivity index (χ0v) is 20.9. The second-order valence-electron chi connectivity index (χ2n) is 8.57. The Morgan fingerprint density at radius 3 is 1.32 bits per heavy atom. The lowest BCUT2D eigenvalue weighted by molar-refractivity contribution is 0.284. The van der Waals surface area contributed by atoms with Gasteiger partial charge in [0.15, 0.2) is 23.0 Å². The minimum Gasteiger partial charge on any atom is -0.493 e. The van der Waals surface area contributed by atoms with Gasteiger partial charge in [-0.3, -0.25) is 0 Å². The normalized spacial score (nSPS) is 10.6. The quantitative estimate of drug-likeness (QED) is 0.219. The summed E-state index contributed by atoms with van der Waals surface area (Å²) in [5.74, 6) is 2.78. The number of ether oxygens (including phenoxy) is 4. The van der Waals surface area contributed by atoms with Gasteiger partial charge in [0.25, 0.3) is 0 Å². The second kappa shape index (κ2) is 11.4. The first-order valence-corrected chi connectivity index (χ1v) is 12.1. The van der Waals surface area contributed by atoms with E-state index in [1.165, 1.54) is 0 Å². The molecule has 0 saturated carbocycles. The molecule has 186 valence electrons. The highest BCUT2D eigenvalue weighted by molar-refractivity contribution is 5.71. The summed E-state index contributed by atoms with van der Waals surface area (Å²) in [5, 5.41) is 0. The molecule has 0 radical (unpaired) electrons. The molecule has 0 amide bonds. The maximum absolute atomic E-state index is 6.00. The molecule has 1 heterocycles. The summed E-state index contributed by atoms with van der Waals surface area (Å²) in [6.07, 6.45) is 0. The zero-order valence-electron chi connectivity index (χ0n) is 20.9. The van der Waals surface area contributed by atoms with Crippen molar-refractivity contribution >= 4 is 0 Å². The Morgan fingerprint density at radius 1 is 0.486 bits per heavy atom. The molecule has 0 fully saturated rings. The van der Waals surface area contributed by atoms with Crippen molar-refractivity contribution in [1.82, 2.24) is 4.98 Å². The molecular weight excluding hydrogens is 462 g/mol. The Bertz CT molecular complexity index is 1340. The highest BCUT2D eigenvalue weighted by Gasteiger charge is 2.12. The van der Waals surface area contributed by atoms with Crippen LogP contribution in [-0.4, -0.2) is 19.2 Å². The van der Waals surface area contributed by atoms with Crippen LogP contribution in [0.5, 0.6) is 23.0 Å². The number of aromatic amines is 1. The van der Waals surface area contributed by atoms with Crippen LogP contribution in [0.2, 0.25) is 0 Å². The molecule has 0 aliphatic rings. The fraction of sp³-hybridized carbons (Fsp3) is 0.125. The van der Waals surface area contributed by atoms with Crippen LogP contribution in [0.3, 0.4) is 0 Å².